The van der Waals surface area contributed by atoms with Crippen molar-refractivity contribution in [2.24, 2.45) is 5.92 Å². The predicted octanol–water partition coefficient (Wildman–Crippen LogP) is 3.46. The molecule has 3 fully saturated rings. The lowest BCUT2D eigenvalue weighted by atomic mass is 9.86. The van der Waals surface area contributed by atoms with Gasteiger partial charge in [0.25, 0.3) is 0 Å². The molecule has 0 aromatic heterocycles. The SMILES string of the molecule is CCN(c1ccccc1)C1COC2(CCN(C(=O)CC3CC3)CC2)C1. The van der Waals surface area contributed by atoms with Crippen LogP contribution in [0.15, 0.2) is 30.3 Å². The number of hydrogen-bond acceptors (Lipinski definition) is 3. The Balaban J connectivity index is 1.35. The van der Waals surface area contributed by atoms with E-state index in [2.05, 4.69) is 47.1 Å². The number of likely N-dealkylation sites (N-methyl/N-ethyl adjacent to an activating group) is 1. The van der Waals surface area contributed by atoms with Crippen molar-refractivity contribution in [2.45, 2.75) is 57.1 Å². The van der Waals surface area contributed by atoms with Crippen LogP contribution in [0.3, 0.4) is 0 Å². The van der Waals surface area contributed by atoms with Crippen molar-refractivity contribution in [2.75, 3.05) is 31.1 Å². The van der Waals surface area contributed by atoms with Crippen molar-refractivity contribution < 1.29 is 9.53 Å². The van der Waals surface area contributed by atoms with E-state index in [1.54, 1.807) is 0 Å². The van der Waals surface area contributed by atoms with Crippen molar-refractivity contribution in [1.29, 1.82) is 0 Å². The molecule has 1 unspecified atom stereocenters. The third kappa shape index (κ3) is 3.69. The number of benzene rings is 1. The molecule has 3 aliphatic rings. The summed E-state index contributed by atoms with van der Waals surface area (Å²) in [7, 11) is 0. The van der Waals surface area contributed by atoms with Gasteiger partial charge < -0.3 is 14.5 Å². The molecular formula is C21H30N2O2. The zero-order valence-corrected chi connectivity index (χ0v) is 15.3. The lowest BCUT2D eigenvalue weighted by molar-refractivity contribution is -0.136. The van der Waals surface area contributed by atoms with Crippen molar-refractivity contribution in [3.05, 3.63) is 30.3 Å². The van der Waals surface area contributed by atoms with E-state index in [0.717, 1.165) is 51.9 Å². The van der Waals surface area contributed by atoms with Gasteiger partial charge >= 0.3 is 0 Å². The number of nitrogens with zero attached hydrogens (tertiary/aromatic N) is 2. The summed E-state index contributed by atoms with van der Waals surface area (Å²) in [5.41, 5.74) is 1.27. The Morgan fingerprint density at radius 3 is 2.60 bits per heavy atom. The van der Waals surface area contributed by atoms with Crippen molar-refractivity contribution >= 4 is 11.6 Å². The molecule has 1 saturated carbocycles. The highest BCUT2D eigenvalue weighted by Crippen LogP contribution is 2.39. The second-order valence-electron chi connectivity index (χ2n) is 8.00. The number of rotatable bonds is 5. The van der Waals surface area contributed by atoms with Crippen LogP contribution in [0.5, 0.6) is 0 Å². The largest absolute Gasteiger partial charge is 0.373 e. The van der Waals surface area contributed by atoms with Crippen LogP contribution in [-0.4, -0.2) is 48.7 Å². The highest BCUT2D eigenvalue weighted by Gasteiger charge is 2.45. The summed E-state index contributed by atoms with van der Waals surface area (Å²) in [6.45, 7) is 5.77. The summed E-state index contributed by atoms with van der Waals surface area (Å²) in [6, 6.07) is 11.1. The zero-order valence-electron chi connectivity index (χ0n) is 15.3. The fourth-order valence-corrected chi connectivity index (χ4v) is 4.50. The molecule has 1 amide bonds. The summed E-state index contributed by atoms with van der Waals surface area (Å²) in [4.78, 5) is 16.9. The Hall–Kier alpha value is -1.55. The van der Waals surface area contributed by atoms with Crippen LogP contribution >= 0.6 is 0 Å². The van der Waals surface area contributed by atoms with E-state index >= 15 is 0 Å². The number of hydrogen-bond donors (Lipinski definition) is 0. The van der Waals surface area contributed by atoms with Crippen LogP contribution in [-0.2, 0) is 9.53 Å². The van der Waals surface area contributed by atoms with Crippen LogP contribution < -0.4 is 4.90 Å². The lowest BCUT2D eigenvalue weighted by Gasteiger charge is -2.39. The first-order valence-corrected chi connectivity index (χ1v) is 9.92. The fraction of sp³-hybridized carbons (Fsp3) is 0.667. The van der Waals surface area contributed by atoms with Gasteiger partial charge in [-0.2, -0.15) is 0 Å². The molecule has 2 heterocycles. The molecule has 0 radical (unpaired) electrons. The smallest absolute Gasteiger partial charge is 0.222 e. The van der Waals surface area contributed by atoms with E-state index < -0.39 is 0 Å². The van der Waals surface area contributed by atoms with Gasteiger partial charge in [-0.05, 0) is 57.1 Å². The van der Waals surface area contributed by atoms with E-state index in [0.29, 0.717) is 17.9 Å². The first-order chi connectivity index (χ1) is 12.2. The van der Waals surface area contributed by atoms with Crippen LogP contribution in [0.1, 0.15) is 45.4 Å². The number of anilines is 1. The molecule has 136 valence electrons. The van der Waals surface area contributed by atoms with Gasteiger partial charge in [-0.15, -0.1) is 0 Å². The minimum absolute atomic E-state index is 0.0107. The van der Waals surface area contributed by atoms with Gasteiger partial charge in [-0.25, -0.2) is 0 Å². The van der Waals surface area contributed by atoms with E-state index in [1.807, 2.05) is 0 Å². The number of carbonyl (C=O) groups is 1. The quantitative estimate of drug-likeness (QED) is 0.821. The average molecular weight is 342 g/mol. The Morgan fingerprint density at radius 1 is 1.24 bits per heavy atom. The molecule has 1 aliphatic carbocycles. The Bertz CT molecular complexity index is 591. The Kier molecular flexibility index (Phi) is 4.72. The van der Waals surface area contributed by atoms with E-state index in [-0.39, 0.29) is 5.60 Å². The van der Waals surface area contributed by atoms with Crippen molar-refractivity contribution in [3.8, 4) is 0 Å². The summed E-state index contributed by atoms with van der Waals surface area (Å²) in [5, 5.41) is 0. The zero-order chi connectivity index (χ0) is 17.3. The van der Waals surface area contributed by atoms with E-state index in [1.165, 1.54) is 18.5 Å². The molecule has 25 heavy (non-hydrogen) atoms. The molecule has 0 bridgehead atoms. The first-order valence-electron chi connectivity index (χ1n) is 9.92. The second kappa shape index (κ2) is 6.99. The summed E-state index contributed by atoms with van der Waals surface area (Å²) < 4.78 is 6.34. The topological polar surface area (TPSA) is 32.8 Å². The maximum Gasteiger partial charge on any atom is 0.222 e. The number of ether oxygens (including phenoxy) is 1. The van der Waals surface area contributed by atoms with Gasteiger partial charge in [0, 0.05) is 31.7 Å². The normalized spacial score (nSPS) is 25.3. The van der Waals surface area contributed by atoms with Crippen LogP contribution in [0, 0.1) is 5.92 Å². The number of carbonyl (C=O) groups excluding carboxylic acids is 1. The van der Waals surface area contributed by atoms with Gasteiger partial charge in [-0.3, -0.25) is 4.79 Å². The Morgan fingerprint density at radius 2 is 1.96 bits per heavy atom. The highest BCUT2D eigenvalue weighted by atomic mass is 16.5. The van der Waals surface area contributed by atoms with Crippen molar-refractivity contribution in [3.63, 3.8) is 0 Å². The van der Waals surface area contributed by atoms with Crippen molar-refractivity contribution in [1.82, 2.24) is 4.90 Å². The van der Waals surface area contributed by atoms with Crippen LogP contribution in [0.25, 0.3) is 0 Å². The van der Waals surface area contributed by atoms with Gasteiger partial charge in [0.1, 0.15) is 0 Å². The molecule has 4 nitrogen and oxygen atoms in total. The molecule has 2 saturated heterocycles. The molecule has 1 aromatic carbocycles. The minimum Gasteiger partial charge on any atom is -0.373 e. The van der Waals surface area contributed by atoms with E-state index in [9.17, 15) is 4.79 Å². The third-order valence-corrected chi connectivity index (χ3v) is 6.25. The van der Waals surface area contributed by atoms with Gasteiger partial charge in [0.15, 0.2) is 0 Å². The first kappa shape index (κ1) is 16.9. The second-order valence-corrected chi connectivity index (χ2v) is 8.00. The fourth-order valence-electron chi connectivity index (χ4n) is 4.50. The summed E-state index contributed by atoms with van der Waals surface area (Å²) >= 11 is 0. The number of para-hydroxylation sites is 1. The number of amides is 1. The predicted molar refractivity (Wildman–Crippen MR) is 99.7 cm³/mol. The average Bonchev–Trinajstić information content (AvgIpc) is 3.37. The Labute approximate surface area is 151 Å². The molecule has 1 spiro atoms. The van der Waals surface area contributed by atoms with Gasteiger partial charge in [0.2, 0.25) is 5.91 Å². The third-order valence-electron chi connectivity index (χ3n) is 6.25. The summed E-state index contributed by atoms with van der Waals surface area (Å²) in [5.74, 6) is 1.05. The molecule has 2 aliphatic heterocycles. The maximum absolute atomic E-state index is 12.3. The van der Waals surface area contributed by atoms with Crippen LogP contribution in [0.4, 0.5) is 5.69 Å². The molecule has 4 rings (SSSR count). The maximum atomic E-state index is 12.3. The lowest BCUT2D eigenvalue weighted by Crippen LogP contribution is -2.47. The van der Waals surface area contributed by atoms with Gasteiger partial charge in [-0.1, -0.05) is 18.2 Å². The molecule has 1 aromatic rings. The molecular weight excluding hydrogens is 312 g/mol. The standard InChI is InChI=1S/C21H30N2O2/c1-2-23(18-6-4-3-5-7-18)19-15-21(25-16-19)10-12-22(13-11-21)20(24)14-17-8-9-17/h3-7,17,19H,2,8-16H2,1H3. The minimum atomic E-state index is -0.0107. The highest BCUT2D eigenvalue weighted by molar-refractivity contribution is 5.76. The van der Waals surface area contributed by atoms with Crippen LogP contribution in [0.2, 0.25) is 0 Å². The van der Waals surface area contributed by atoms with Gasteiger partial charge in [0.05, 0.1) is 18.2 Å². The number of piperidine rings is 1. The summed E-state index contributed by atoms with van der Waals surface area (Å²) in [6.07, 6.45) is 6.34. The monoisotopic (exact) mass is 342 g/mol. The number of likely N-dealkylation sites (tertiary alicyclic amines) is 1. The molecule has 1 atom stereocenters. The van der Waals surface area contributed by atoms with E-state index in [4.69, 9.17) is 4.74 Å². The molecule has 4 heteroatoms. The molecule has 0 N–H and O–H groups in total.